The van der Waals surface area contributed by atoms with Crippen LogP contribution < -0.4 is 4.90 Å². The fraction of sp³-hybridized carbons (Fsp3) is 0.185. The monoisotopic (exact) mass is 474 g/mol. The molecular weight excluding hydrogens is 451 g/mol. The number of rotatable bonds is 7. The number of hydrogen-bond donors (Lipinski definition) is 0. The molecule has 178 valence electrons. The quantitative estimate of drug-likeness (QED) is 0.386. The van der Waals surface area contributed by atoms with Gasteiger partial charge < -0.3 is 9.64 Å². The maximum Gasteiger partial charge on any atom is 0.337 e. The van der Waals surface area contributed by atoms with Crippen molar-refractivity contribution >= 4 is 29.4 Å². The number of anilines is 1. The lowest BCUT2D eigenvalue weighted by Gasteiger charge is -2.28. The zero-order valence-electron chi connectivity index (χ0n) is 19.0. The summed E-state index contributed by atoms with van der Waals surface area (Å²) in [7, 11) is 1.25. The Morgan fingerprint density at radius 2 is 1.63 bits per heavy atom. The van der Waals surface area contributed by atoms with E-state index in [-0.39, 0.29) is 29.8 Å². The van der Waals surface area contributed by atoms with Gasteiger partial charge in [0.05, 0.1) is 30.3 Å². The predicted molar refractivity (Wildman–Crippen MR) is 126 cm³/mol. The van der Waals surface area contributed by atoms with Crippen molar-refractivity contribution in [1.82, 2.24) is 4.90 Å². The first-order valence-corrected chi connectivity index (χ1v) is 11.1. The minimum atomic E-state index is -1.08. The van der Waals surface area contributed by atoms with Gasteiger partial charge in [0.15, 0.2) is 0 Å². The van der Waals surface area contributed by atoms with Gasteiger partial charge in [0.25, 0.3) is 11.8 Å². The number of carbonyl (C=O) groups excluding carboxylic acids is 4. The highest BCUT2D eigenvalue weighted by molar-refractivity contribution is 6.23. The Hall–Kier alpha value is -4.33. The van der Waals surface area contributed by atoms with Crippen molar-refractivity contribution in [2.24, 2.45) is 0 Å². The second-order valence-electron chi connectivity index (χ2n) is 8.04. The Balaban J connectivity index is 1.63. The third-order valence-electron chi connectivity index (χ3n) is 5.89. The van der Waals surface area contributed by atoms with Gasteiger partial charge in [0.2, 0.25) is 5.91 Å². The summed E-state index contributed by atoms with van der Waals surface area (Å²) >= 11 is 0. The largest absolute Gasteiger partial charge is 0.465 e. The number of nitrogens with zero attached hydrogens (tertiary/aromatic N) is 2. The van der Waals surface area contributed by atoms with Gasteiger partial charge in [0.1, 0.15) is 11.9 Å². The maximum absolute atomic E-state index is 14.5. The third-order valence-corrected chi connectivity index (χ3v) is 5.89. The van der Waals surface area contributed by atoms with Crippen LogP contribution in [0.5, 0.6) is 0 Å². The molecule has 0 aliphatic carbocycles. The summed E-state index contributed by atoms with van der Waals surface area (Å²) < 4.78 is 19.1. The van der Waals surface area contributed by atoms with E-state index in [1.165, 1.54) is 54.5 Å². The van der Waals surface area contributed by atoms with Crippen LogP contribution in [0.3, 0.4) is 0 Å². The number of amides is 3. The molecule has 4 rings (SSSR count). The Kier molecular flexibility index (Phi) is 7.01. The molecule has 7 nitrogen and oxygen atoms in total. The van der Waals surface area contributed by atoms with Crippen LogP contribution in [-0.4, -0.2) is 48.3 Å². The summed E-state index contributed by atoms with van der Waals surface area (Å²) in [5.41, 5.74) is 1.31. The Labute approximate surface area is 201 Å². The summed E-state index contributed by atoms with van der Waals surface area (Å²) in [6.07, 6.45) is 0.194. The number of methoxy groups -OCH3 is 1. The number of carbonyl (C=O) groups is 4. The average Bonchev–Trinajstić information content (AvgIpc) is 3.18. The Bertz CT molecular complexity index is 1260. The molecule has 0 spiro atoms. The van der Waals surface area contributed by atoms with Gasteiger partial charge >= 0.3 is 5.97 Å². The highest BCUT2D eigenvalue weighted by Crippen LogP contribution is 2.28. The second-order valence-corrected chi connectivity index (χ2v) is 8.04. The second kappa shape index (κ2) is 10.3. The molecule has 1 heterocycles. The first-order chi connectivity index (χ1) is 16.9. The molecule has 0 aromatic heterocycles. The van der Waals surface area contributed by atoms with E-state index in [0.717, 1.165) is 10.5 Å². The number of hydrogen-bond acceptors (Lipinski definition) is 5. The smallest absolute Gasteiger partial charge is 0.337 e. The van der Waals surface area contributed by atoms with Gasteiger partial charge in [-0.15, -0.1) is 0 Å². The SMILES string of the molecule is COC(=O)c1ccc(N2C(=O)CC(N(CCc3ccccc3)C(=O)c3ccccc3F)C2=O)cc1. The van der Waals surface area contributed by atoms with Crippen molar-refractivity contribution < 1.29 is 28.3 Å². The lowest BCUT2D eigenvalue weighted by Crippen LogP contribution is -2.46. The number of ether oxygens (including phenoxy) is 1. The van der Waals surface area contributed by atoms with Crippen LogP contribution in [0, 0.1) is 5.82 Å². The topological polar surface area (TPSA) is 84.0 Å². The molecule has 0 bridgehead atoms. The minimum Gasteiger partial charge on any atom is -0.465 e. The Morgan fingerprint density at radius 3 is 2.29 bits per heavy atom. The molecule has 1 aliphatic rings. The van der Waals surface area contributed by atoms with E-state index in [2.05, 4.69) is 4.74 Å². The van der Waals surface area contributed by atoms with Crippen LogP contribution in [0.4, 0.5) is 10.1 Å². The molecule has 1 unspecified atom stereocenters. The van der Waals surface area contributed by atoms with Crippen molar-refractivity contribution in [3.05, 3.63) is 101 Å². The fourth-order valence-corrected chi connectivity index (χ4v) is 4.08. The molecule has 0 saturated carbocycles. The third kappa shape index (κ3) is 4.96. The van der Waals surface area contributed by atoms with Crippen molar-refractivity contribution in [3.8, 4) is 0 Å². The highest BCUT2D eigenvalue weighted by Gasteiger charge is 2.44. The maximum atomic E-state index is 14.5. The van der Waals surface area contributed by atoms with E-state index in [1.54, 1.807) is 6.07 Å². The molecule has 1 saturated heterocycles. The van der Waals surface area contributed by atoms with E-state index in [1.807, 2.05) is 30.3 Å². The number of halogens is 1. The van der Waals surface area contributed by atoms with E-state index >= 15 is 0 Å². The molecule has 3 amide bonds. The molecule has 8 heteroatoms. The Morgan fingerprint density at radius 1 is 0.971 bits per heavy atom. The van der Waals surface area contributed by atoms with Crippen molar-refractivity contribution in [2.75, 3.05) is 18.6 Å². The zero-order chi connectivity index (χ0) is 24.9. The number of imide groups is 1. The molecular formula is C27H23FN2O5. The lowest BCUT2D eigenvalue weighted by atomic mass is 10.1. The fourth-order valence-electron chi connectivity index (χ4n) is 4.08. The average molecular weight is 474 g/mol. The van der Waals surface area contributed by atoms with Gasteiger partial charge in [-0.3, -0.25) is 14.4 Å². The van der Waals surface area contributed by atoms with Crippen molar-refractivity contribution in [2.45, 2.75) is 18.9 Å². The summed E-state index contributed by atoms with van der Waals surface area (Å²) in [6.45, 7) is 0.121. The van der Waals surface area contributed by atoms with Crippen LogP contribution in [0.2, 0.25) is 0 Å². The first-order valence-electron chi connectivity index (χ1n) is 11.1. The predicted octanol–water partition coefficient (Wildman–Crippen LogP) is 3.63. The molecule has 1 aliphatic heterocycles. The van der Waals surface area contributed by atoms with Gasteiger partial charge in [-0.2, -0.15) is 0 Å². The van der Waals surface area contributed by atoms with E-state index in [0.29, 0.717) is 6.42 Å². The standard InChI is InChI=1S/C27H23FN2O5/c1-35-27(34)19-11-13-20(14-12-19)30-24(31)17-23(26(30)33)29(16-15-18-7-3-2-4-8-18)25(32)21-9-5-6-10-22(21)28/h2-14,23H,15-17H2,1H3. The molecule has 35 heavy (non-hydrogen) atoms. The molecule has 1 atom stereocenters. The van der Waals surface area contributed by atoms with Crippen molar-refractivity contribution in [3.63, 3.8) is 0 Å². The molecule has 3 aromatic rings. The van der Waals surface area contributed by atoms with Gasteiger partial charge in [-0.25, -0.2) is 14.1 Å². The zero-order valence-corrected chi connectivity index (χ0v) is 19.0. The molecule has 0 radical (unpaired) electrons. The summed E-state index contributed by atoms with van der Waals surface area (Å²) in [5, 5.41) is 0. The van der Waals surface area contributed by atoms with Crippen LogP contribution in [0.15, 0.2) is 78.9 Å². The van der Waals surface area contributed by atoms with E-state index in [9.17, 15) is 23.6 Å². The van der Waals surface area contributed by atoms with Gasteiger partial charge in [-0.05, 0) is 48.4 Å². The van der Waals surface area contributed by atoms with Crippen LogP contribution in [-0.2, 0) is 20.7 Å². The summed E-state index contributed by atoms with van der Waals surface area (Å²) in [5.74, 6) is -2.98. The molecule has 1 fully saturated rings. The van der Waals surface area contributed by atoms with Gasteiger partial charge in [0, 0.05) is 6.54 Å². The number of esters is 1. The van der Waals surface area contributed by atoms with E-state index < -0.39 is 35.5 Å². The van der Waals surface area contributed by atoms with Gasteiger partial charge in [-0.1, -0.05) is 42.5 Å². The first kappa shape index (κ1) is 23.8. The van der Waals surface area contributed by atoms with E-state index in [4.69, 9.17) is 0 Å². The summed E-state index contributed by atoms with van der Waals surface area (Å²) in [4.78, 5) is 53.6. The van der Waals surface area contributed by atoms with Crippen LogP contribution in [0.1, 0.15) is 32.7 Å². The lowest BCUT2D eigenvalue weighted by molar-refractivity contribution is -0.122. The normalized spacial score (nSPS) is 15.3. The van der Waals surface area contributed by atoms with Crippen LogP contribution in [0.25, 0.3) is 0 Å². The number of benzene rings is 3. The van der Waals surface area contributed by atoms with Crippen LogP contribution >= 0.6 is 0 Å². The minimum absolute atomic E-state index is 0.121. The highest BCUT2D eigenvalue weighted by atomic mass is 19.1. The van der Waals surface area contributed by atoms with Crippen molar-refractivity contribution in [1.29, 1.82) is 0 Å². The molecule has 0 N–H and O–H groups in total. The molecule has 3 aromatic carbocycles. The summed E-state index contributed by atoms with van der Waals surface area (Å²) in [6, 6.07) is 19.7.